The predicted molar refractivity (Wildman–Crippen MR) is 122 cm³/mol. The molecule has 10 heteroatoms. The second kappa shape index (κ2) is 11.2. The number of amides is 1. The molecule has 0 fully saturated rings. The molecular weight excluding hydrogens is 428 g/mol. The van der Waals surface area contributed by atoms with Crippen molar-refractivity contribution >= 4 is 17.4 Å². The number of hydrogen-bond acceptors (Lipinski definition) is 8. The van der Waals surface area contributed by atoms with Crippen LogP contribution in [0.3, 0.4) is 0 Å². The Morgan fingerprint density at radius 2 is 1.70 bits per heavy atom. The number of methoxy groups -OCH3 is 3. The summed E-state index contributed by atoms with van der Waals surface area (Å²) in [6.07, 6.45) is 1.57. The van der Waals surface area contributed by atoms with Gasteiger partial charge in [-0.05, 0) is 24.3 Å². The van der Waals surface area contributed by atoms with Crippen molar-refractivity contribution in [3.8, 4) is 28.9 Å². The number of carbonyl (C=O) groups is 1. The highest BCUT2D eigenvalue weighted by Gasteiger charge is 2.15. The van der Waals surface area contributed by atoms with Gasteiger partial charge in [-0.15, -0.1) is 0 Å². The summed E-state index contributed by atoms with van der Waals surface area (Å²) in [6, 6.07) is 15.7. The zero-order chi connectivity index (χ0) is 23.6. The molecule has 3 rings (SSSR count). The van der Waals surface area contributed by atoms with Gasteiger partial charge in [-0.25, -0.2) is 4.98 Å². The van der Waals surface area contributed by atoms with E-state index in [1.807, 2.05) is 18.2 Å². The normalized spacial score (nSPS) is 10.8. The number of anilines is 1. The maximum atomic E-state index is 12.3. The molecule has 172 valence electrons. The summed E-state index contributed by atoms with van der Waals surface area (Å²) >= 11 is 0. The fraction of sp³-hybridized carbons (Fsp3) is 0.174. The van der Waals surface area contributed by atoms with Crippen LogP contribution in [0.1, 0.15) is 5.56 Å². The van der Waals surface area contributed by atoms with Crippen LogP contribution < -0.4 is 30.0 Å². The number of hydrogen-bond donors (Lipinski definition) is 2. The lowest BCUT2D eigenvalue weighted by Gasteiger charge is -2.14. The Morgan fingerprint density at radius 3 is 2.33 bits per heavy atom. The number of para-hydroxylation sites is 1. The molecule has 0 aliphatic heterocycles. The summed E-state index contributed by atoms with van der Waals surface area (Å²) in [5, 5.41) is 6.49. The summed E-state index contributed by atoms with van der Waals surface area (Å²) in [6.45, 7) is -0.382. The lowest BCUT2D eigenvalue weighted by Crippen LogP contribution is -2.20. The van der Waals surface area contributed by atoms with E-state index in [-0.39, 0.29) is 18.3 Å². The van der Waals surface area contributed by atoms with Crippen molar-refractivity contribution in [2.75, 3.05) is 33.3 Å². The molecule has 0 saturated carbocycles. The van der Waals surface area contributed by atoms with E-state index in [9.17, 15) is 4.79 Å². The van der Waals surface area contributed by atoms with E-state index in [1.54, 1.807) is 42.6 Å². The van der Waals surface area contributed by atoms with E-state index in [1.165, 1.54) is 21.3 Å². The second-order valence-electron chi connectivity index (χ2n) is 6.48. The molecular formula is C23H24N4O6. The summed E-state index contributed by atoms with van der Waals surface area (Å²) in [4.78, 5) is 21.6. The fourth-order valence-electron chi connectivity index (χ4n) is 2.83. The summed E-state index contributed by atoms with van der Waals surface area (Å²) < 4.78 is 21.6. The number of oxime groups is 1. The van der Waals surface area contributed by atoms with Gasteiger partial charge in [0.25, 0.3) is 5.91 Å². The Bertz CT molecular complexity index is 1100. The molecule has 10 nitrogen and oxygen atoms in total. The minimum absolute atomic E-state index is 0.00890. The predicted octanol–water partition coefficient (Wildman–Crippen LogP) is 3.18. The van der Waals surface area contributed by atoms with Crippen LogP contribution in [0.25, 0.3) is 0 Å². The first kappa shape index (κ1) is 23.2. The van der Waals surface area contributed by atoms with E-state index in [4.69, 9.17) is 29.5 Å². The van der Waals surface area contributed by atoms with Crippen LogP contribution in [0.2, 0.25) is 0 Å². The van der Waals surface area contributed by atoms with Crippen molar-refractivity contribution in [3.63, 3.8) is 0 Å². The SMILES string of the molecule is COc1cc(NC(=O)CO/N=C(/N)c2cccnc2Oc2ccccc2)cc(OC)c1OC. The van der Waals surface area contributed by atoms with Gasteiger partial charge in [0, 0.05) is 24.0 Å². The molecule has 33 heavy (non-hydrogen) atoms. The second-order valence-corrected chi connectivity index (χ2v) is 6.48. The highest BCUT2D eigenvalue weighted by molar-refractivity contribution is 5.99. The largest absolute Gasteiger partial charge is 0.493 e. The van der Waals surface area contributed by atoms with E-state index in [2.05, 4.69) is 15.5 Å². The first-order valence-electron chi connectivity index (χ1n) is 9.79. The van der Waals surface area contributed by atoms with Crippen molar-refractivity contribution in [1.29, 1.82) is 0 Å². The minimum Gasteiger partial charge on any atom is -0.493 e. The summed E-state index contributed by atoms with van der Waals surface area (Å²) in [5.74, 6) is 1.61. The number of nitrogens with zero attached hydrogens (tertiary/aromatic N) is 2. The summed E-state index contributed by atoms with van der Waals surface area (Å²) in [5.41, 5.74) is 6.88. The third kappa shape index (κ3) is 6.03. The Kier molecular flexibility index (Phi) is 7.90. The van der Waals surface area contributed by atoms with Crippen LogP contribution in [0.15, 0.2) is 65.9 Å². The quantitative estimate of drug-likeness (QED) is 0.273. The molecule has 0 unspecified atom stereocenters. The third-order valence-electron chi connectivity index (χ3n) is 4.31. The number of carbonyl (C=O) groups excluding carboxylic acids is 1. The Hall–Kier alpha value is -4.47. The average molecular weight is 452 g/mol. The van der Waals surface area contributed by atoms with Gasteiger partial charge in [0.15, 0.2) is 23.9 Å². The number of aromatic nitrogens is 1. The van der Waals surface area contributed by atoms with Crippen molar-refractivity contribution in [2.24, 2.45) is 10.9 Å². The lowest BCUT2D eigenvalue weighted by atomic mass is 10.2. The smallest absolute Gasteiger partial charge is 0.265 e. The third-order valence-corrected chi connectivity index (χ3v) is 4.31. The molecule has 1 heterocycles. The monoisotopic (exact) mass is 452 g/mol. The number of ether oxygens (including phenoxy) is 4. The van der Waals surface area contributed by atoms with Crippen molar-refractivity contribution < 1.29 is 28.6 Å². The first-order valence-corrected chi connectivity index (χ1v) is 9.79. The number of amidine groups is 1. The van der Waals surface area contributed by atoms with Gasteiger partial charge in [-0.2, -0.15) is 0 Å². The van der Waals surface area contributed by atoms with Crippen molar-refractivity contribution in [1.82, 2.24) is 4.98 Å². The topological polar surface area (TPSA) is 127 Å². The molecule has 0 atom stereocenters. The first-order chi connectivity index (χ1) is 16.0. The standard InChI is InChI=1S/C23H24N4O6/c1-29-18-12-15(13-19(30-2)21(18)31-3)26-20(28)14-32-27-22(24)17-10-7-11-25-23(17)33-16-8-5-4-6-9-16/h4-13H,14H2,1-3H3,(H2,24,27)(H,26,28). The van der Waals surface area contributed by atoms with Crippen molar-refractivity contribution in [3.05, 3.63) is 66.4 Å². The molecule has 1 amide bonds. The highest BCUT2D eigenvalue weighted by Crippen LogP contribution is 2.39. The summed E-state index contributed by atoms with van der Waals surface area (Å²) in [7, 11) is 4.46. The van der Waals surface area contributed by atoms with E-state index >= 15 is 0 Å². The molecule has 0 bridgehead atoms. The van der Waals surface area contributed by atoms with E-state index < -0.39 is 5.91 Å². The molecule has 0 radical (unpaired) electrons. The Morgan fingerprint density at radius 1 is 1.00 bits per heavy atom. The zero-order valence-electron chi connectivity index (χ0n) is 18.4. The van der Waals surface area contributed by atoms with Crippen molar-refractivity contribution in [2.45, 2.75) is 0 Å². The number of pyridine rings is 1. The fourth-order valence-corrected chi connectivity index (χ4v) is 2.83. The molecule has 0 spiro atoms. The van der Waals surface area contributed by atoms with Gasteiger partial charge in [0.2, 0.25) is 11.6 Å². The minimum atomic E-state index is -0.465. The number of nitrogens with two attached hydrogens (primary N) is 1. The van der Waals surface area contributed by atoms with Crippen LogP contribution in [-0.4, -0.2) is 44.7 Å². The van der Waals surface area contributed by atoms with Crippen LogP contribution in [-0.2, 0) is 9.63 Å². The molecule has 0 saturated heterocycles. The van der Waals surface area contributed by atoms with E-state index in [0.717, 1.165) is 0 Å². The van der Waals surface area contributed by atoms with E-state index in [0.29, 0.717) is 34.2 Å². The molecule has 3 N–H and O–H groups in total. The van der Waals surface area contributed by atoms with Gasteiger partial charge in [0.1, 0.15) is 5.75 Å². The lowest BCUT2D eigenvalue weighted by molar-refractivity contribution is -0.120. The number of nitrogens with one attached hydrogen (secondary N) is 1. The van der Waals surface area contributed by atoms with Gasteiger partial charge in [-0.1, -0.05) is 23.4 Å². The van der Waals surface area contributed by atoms with Gasteiger partial charge < -0.3 is 34.8 Å². The maximum absolute atomic E-state index is 12.3. The van der Waals surface area contributed by atoms with Crippen LogP contribution in [0.5, 0.6) is 28.9 Å². The van der Waals surface area contributed by atoms with Gasteiger partial charge >= 0.3 is 0 Å². The molecule has 3 aromatic rings. The zero-order valence-corrected chi connectivity index (χ0v) is 18.4. The van der Waals surface area contributed by atoms with Gasteiger partial charge in [-0.3, -0.25) is 4.79 Å². The molecule has 1 aromatic heterocycles. The average Bonchev–Trinajstić information content (AvgIpc) is 2.84. The maximum Gasteiger partial charge on any atom is 0.265 e. The van der Waals surface area contributed by atoms with Crippen LogP contribution >= 0.6 is 0 Å². The highest BCUT2D eigenvalue weighted by atomic mass is 16.6. The van der Waals surface area contributed by atoms with Crippen LogP contribution in [0, 0.1) is 0 Å². The molecule has 0 aliphatic rings. The number of benzene rings is 2. The Labute approximate surface area is 190 Å². The number of rotatable bonds is 10. The van der Waals surface area contributed by atoms with Crippen LogP contribution in [0.4, 0.5) is 5.69 Å². The Balaban J connectivity index is 1.64. The molecule has 2 aromatic carbocycles. The molecule has 0 aliphatic carbocycles. The van der Waals surface area contributed by atoms with Gasteiger partial charge in [0.05, 0.1) is 26.9 Å².